The quantitative estimate of drug-likeness (QED) is 0.783. The van der Waals surface area contributed by atoms with Gasteiger partial charge in [-0.3, -0.25) is 4.79 Å². The second-order valence-corrected chi connectivity index (χ2v) is 3.80. The molecular formula is C9H14F3NO2. The number of aliphatic hydroxyl groups is 1. The van der Waals surface area contributed by atoms with E-state index in [2.05, 4.69) is 0 Å². The van der Waals surface area contributed by atoms with Crippen LogP contribution in [-0.4, -0.2) is 41.8 Å². The molecule has 1 aliphatic heterocycles. The van der Waals surface area contributed by atoms with Crippen molar-refractivity contribution in [3.63, 3.8) is 0 Å². The van der Waals surface area contributed by atoms with Gasteiger partial charge in [0.1, 0.15) is 6.42 Å². The molecule has 1 unspecified atom stereocenters. The van der Waals surface area contributed by atoms with Crippen molar-refractivity contribution in [3.05, 3.63) is 0 Å². The average molecular weight is 225 g/mol. The highest BCUT2D eigenvalue weighted by Crippen LogP contribution is 2.24. The van der Waals surface area contributed by atoms with Crippen molar-refractivity contribution < 1.29 is 23.1 Å². The number of hydrogen-bond donors (Lipinski definition) is 1. The molecule has 0 aromatic rings. The van der Waals surface area contributed by atoms with E-state index in [0.717, 1.165) is 0 Å². The zero-order valence-electron chi connectivity index (χ0n) is 8.26. The van der Waals surface area contributed by atoms with E-state index in [1.54, 1.807) is 0 Å². The van der Waals surface area contributed by atoms with Gasteiger partial charge in [-0.1, -0.05) is 0 Å². The predicted molar refractivity (Wildman–Crippen MR) is 47.1 cm³/mol. The lowest BCUT2D eigenvalue weighted by Crippen LogP contribution is -2.32. The topological polar surface area (TPSA) is 40.5 Å². The molecule has 1 atom stereocenters. The number of rotatable bonds is 3. The summed E-state index contributed by atoms with van der Waals surface area (Å²) in [5.41, 5.74) is 0. The molecule has 0 spiro atoms. The molecule has 0 bridgehead atoms. The van der Waals surface area contributed by atoms with Gasteiger partial charge in [0.05, 0.1) is 0 Å². The molecule has 1 N–H and O–H groups in total. The lowest BCUT2D eigenvalue weighted by atomic mass is 10.1. The van der Waals surface area contributed by atoms with Crippen LogP contribution in [0.3, 0.4) is 0 Å². The Hall–Kier alpha value is -0.780. The summed E-state index contributed by atoms with van der Waals surface area (Å²) in [5.74, 6) is -0.713. The number of alkyl halides is 3. The monoisotopic (exact) mass is 225 g/mol. The minimum absolute atomic E-state index is 0.0198. The van der Waals surface area contributed by atoms with Gasteiger partial charge >= 0.3 is 6.18 Å². The van der Waals surface area contributed by atoms with Crippen molar-refractivity contribution in [1.82, 2.24) is 4.90 Å². The van der Waals surface area contributed by atoms with E-state index in [-0.39, 0.29) is 12.5 Å². The van der Waals surface area contributed by atoms with Crippen molar-refractivity contribution in [2.45, 2.75) is 25.4 Å². The molecule has 0 aliphatic carbocycles. The van der Waals surface area contributed by atoms with Crippen LogP contribution in [-0.2, 0) is 4.79 Å². The molecule has 0 saturated carbocycles. The summed E-state index contributed by atoms with van der Waals surface area (Å²) < 4.78 is 35.8. The number of aliphatic hydroxyl groups excluding tert-OH is 1. The zero-order chi connectivity index (χ0) is 11.5. The Morgan fingerprint density at radius 3 is 2.67 bits per heavy atom. The molecule has 6 heteroatoms. The highest BCUT2D eigenvalue weighted by molar-refractivity contribution is 5.77. The Bertz CT molecular complexity index is 230. The van der Waals surface area contributed by atoms with Crippen LogP contribution >= 0.6 is 0 Å². The number of likely N-dealkylation sites (tertiary alicyclic amines) is 1. The average Bonchev–Trinajstić information content (AvgIpc) is 2.50. The summed E-state index contributed by atoms with van der Waals surface area (Å²) in [6, 6.07) is 0. The summed E-state index contributed by atoms with van der Waals surface area (Å²) in [4.78, 5) is 12.4. The Morgan fingerprint density at radius 2 is 2.13 bits per heavy atom. The number of nitrogens with zero attached hydrogens (tertiary/aromatic N) is 1. The first-order chi connectivity index (χ1) is 6.92. The van der Waals surface area contributed by atoms with E-state index >= 15 is 0 Å². The molecule has 0 radical (unpaired) electrons. The van der Waals surface area contributed by atoms with E-state index in [1.807, 2.05) is 0 Å². The molecular weight excluding hydrogens is 211 g/mol. The Morgan fingerprint density at radius 1 is 1.47 bits per heavy atom. The predicted octanol–water partition coefficient (Wildman–Crippen LogP) is 1.17. The minimum atomic E-state index is -4.42. The van der Waals surface area contributed by atoms with Gasteiger partial charge in [-0.2, -0.15) is 13.2 Å². The Labute approximate surface area is 85.9 Å². The summed E-state index contributed by atoms with van der Waals surface area (Å²) in [6.07, 6.45) is -4.56. The fourth-order valence-electron chi connectivity index (χ4n) is 1.76. The van der Waals surface area contributed by atoms with Crippen molar-refractivity contribution in [3.8, 4) is 0 Å². The maximum absolute atomic E-state index is 11.9. The number of hydrogen-bond acceptors (Lipinski definition) is 2. The standard InChI is InChI=1S/C9H14F3NO2/c10-9(11,12)5-8(15)13-3-1-7(6-13)2-4-14/h7,14H,1-6H2. The van der Waals surface area contributed by atoms with Gasteiger partial charge in [-0.25, -0.2) is 0 Å². The lowest BCUT2D eigenvalue weighted by molar-refractivity contribution is -0.160. The highest BCUT2D eigenvalue weighted by atomic mass is 19.4. The van der Waals surface area contributed by atoms with Gasteiger partial charge in [-0.05, 0) is 18.8 Å². The molecule has 0 aromatic carbocycles. The summed E-state index contributed by atoms with van der Waals surface area (Å²) in [6.45, 7) is 0.737. The summed E-state index contributed by atoms with van der Waals surface area (Å²) in [7, 11) is 0. The highest BCUT2D eigenvalue weighted by Gasteiger charge is 2.35. The SMILES string of the molecule is O=C(CC(F)(F)F)N1CCC(CCO)C1. The van der Waals surface area contributed by atoms with Crippen LogP contribution in [0, 0.1) is 5.92 Å². The van der Waals surface area contributed by atoms with Crippen molar-refractivity contribution in [2.24, 2.45) is 5.92 Å². The lowest BCUT2D eigenvalue weighted by Gasteiger charge is -2.17. The number of amides is 1. The Balaban J connectivity index is 2.37. The third kappa shape index (κ3) is 4.07. The van der Waals surface area contributed by atoms with Crippen molar-refractivity contribution in [1.29, 1.82) is 0 Å². The van der Waals surface area contributed by atoms with Gasteiger partial charge in [0.2, 0.25) is 5.91 Å². The van der Waals surface area contributed by atoms with Crippen LogP contribution in [0.5, 0.6) is 0 Å². The third-order valence-electron chi connectivity index (χ3n) is 2.53. The van der Waals surface area contributed by atoms with E-state index in [4.69, 9.17) is 5.11 Å². The molecule has 88 valence electrons. The van der Waals surface area contributed by atoms with E-state index in [0.29, 0.717) is 25.9 Å². The van der Waals surface area contributed by atoms with Crippen molar-refractivity contribution in [2.75, 3.05) is 19.7 Å². The van der Waals surface area contributed by atoms with Crippen LogP contribution in [0.25, 0.3) is 0 Å². The molecule has 3 nitrogen and oxygen atoms in total. The molecule has 1 aliphatic rings. The molecule has 1 rings (SSSR count). The fraction of sp³-hybridized carbons (Fsp3) is 0.889. The third-order valence-corrected chi connectivity index (χ3v) is 2.53. The number of carbonyl (C=O) groups is 1. The van der Waals surface area contributed by atoms with Crippen LogP contribution < -0.4 is 0 Å². The minimum Gasteiger partial charge on any atom is -0.396 e. The maximum Gasteiger partial charge on any atom is 0.397 e. The first-order valence-electron chi connectivity index (χ1n) is 4.88. The van der Waals surface area contributed by atoms with E-state index in [9.17, 15) is 18.0 Å². The summed E-state index contributed by atoms with van der Waals surface area (Å²) in [5, 5.41) is 8.65. The first kappa shape index (κ1) is 12.3. The smallest absolute Gasteiger partial charge is 0.396 e. The van der Waals surface area contributed by atoms with E-state index < -0.39 is 18.5 Å². The van der Waals surface area contributed by atoms with Gasteiger partial charge in [0.15, 0.2) is 0 Å². The van der Waals surface area contributed by atoms with Crippen LogP contribution in [0.4, 0.5) is 13.2 Å². The maximum atomic E-state index is 11.9. The largest absolute Gasteiger partial charge is 0.397 e. The molecule has 1 saturated heterocycles. The normalized spacial score (nSPS) is 22.1. The van der Waals surface area contributed by atoms with E-state index in [1.165, 1.54) is 4.90 Å². The number of carbonyl (C=O) groups excluding carboxylic acids is 1. The van der Waals surface area contributed by atoms with Crippen molar-refractivity contribution >= 4 is 5.91 Å². The number of halogens is 3. The van der Waals surface area contributed by atoms with Gasteiger partial charge in [0.25, 0.3) is 0 Å². The summed E-state index contributed by atoms with van der Waals surface area (Å²) >= 11 is 0. The van der Waals surface area contributed by atoms with Crippen LogP contribution in [0.15, 0.2) is 0 Å². The van der Waals surface area contributed by atoms with Gasteiger partial charge in [-0.15, -0.1) is 0 Å². The van der Waals surface area contributed by atoms with Gasteiger partial charge < -0.3 is 10.0 Å². The molecule has 1 heterocycles. The second kappa shape index (κ2) is 4.83. The molecule has 15 heavy (non-hydrogen) atoms. The molecule has 1 fully saturated rings. The Kier molecular flexibility index (Phi) is 3.96. The fourth-order valence-corrected chi connectivity index (χ4v) is 1.76. The van der Waals surface area contributed by atoms with Crippen LogP contribution in [0.1, 0.15) is 19.3 Å². The molecule has 0 aromatic heterocycles. The zero-order valence-corrected chi connectivity index (χ0v) is 8.26. The second-order valence-electron chi connectivity index (χ2n) is 3.80. The molecule has 1 amide bonds. The van der Waals surface area contributed by atoms with Crippen LogP contribution in [0.2, 0.25) is 0 Å². The first-order valence-corrected chi connectivity index (χ1v) is 4.88. The van der Waals surface area contributed by atoms with Gasteiger partial charge in [0, 0.05) is 19.7 Å².